The fourth-order valence-electron chi connectivity index (χ4n) is 4.06. The summed E-state index contributed by atoms with van der Waals surface area (Å²) < 4.78 is 1.54. The molecule has 162 valence electrons. The van der Waals surface area contributed by atoms with Crippen molar-refractivity contribution in [1.29, 1.82) is 0 Å². The number of aliphatic hydroxyl groups is 1. The van der Waals surface area contributed by atoms with Crippen LogP contribution in [0.15, 0.2) is 36.5 Å². The molecule has 1 saturated carbocycles. The normalized spacial score (nSPS) is 18.6. The molecule has 1 aliphatic rings. The molecule has 0 aliphatic heterocycles. The van der Waals surface area contributed by atoms with Gasteiger partial charge in [0, 0.05) is 18.9 Å². The first-order chi connectivity index (χ1) is 14.9. The number of hydrogen-bond acceptors (Lipinski definition) is 6. The summed E-state index contributed by atoms with van der Waals surface area (Å²) in [5.74, 6) is 0.222. The Morgan fingerprint density at radius 1 is 1.10 bits per heavy atom. The van der Waals surface area contributed by atoms with Crippen molar-refractivity contribution in [3.8, 4) is 11.4 Å². The van der Waals surface area contributed by atoms with E-state index in [9.17, 15) is 9.90 Å². The third kappa shape index (κ3) is 4.91. The van der Waals surface area contributed by atoms with Crippen LogP contribution >= 0.6 is 0 Å². The number of carbonyl (C=O) groups is 1. The van der Waals surface area contributed by atoms with E-state index in [1.807, 2.05) is 26.0 Å². The summed E-state index contributed by atoms with van der Waals surface area (Å²) in [5, 5.41) is 20.8. The minimum Gasteiger partial charge on any atom is -0.391 e. The molecule has 1 aliphatic carbocycles. The van der Waals surface area contributed by atoms with Crippen molar-refractivity contribution in [3.05, 3.63) is 53.3 Å². The van der Waals surface area contributed by atoms with Crippen LogP contribution in [0.5, 0.6) is 0 Å². The van der Waals surface area contributed by atoms with Crippen LogP contribution in [-0.4, -0.2) is 42.9 Å². The molecule has 31 heavy (non-hydrogen) atoms. The predicted octanol–water partition coefficient (Wildman–Crippen LogP) is 3.27. The van der Waals surface area contributed by atoms with Gasteiger partial charge in [0.25, 0.3) is 5.91 Å². The maximum Gasteiger partial charge on any atom is 0.269 e. The van der Waals surface area contributed by atoms with Crippen molar-refractivity contribution in [2.75, 3.05) is 5.32 Å². The van der Waals surface area contributed by atoms with Crippen molar-refractivity contribution in [1.82, 2.24) is 25.1 Å². The third-order valence-corrected chi connectivity index (χ3v) is 5.55. The summed E-state index contributed by atoms with van der Waals surface area (Å²) in [6.45, 7) is 4.09. The van der Waals surface area contributed by atoms with Gasteiger partial charge in [0.05, 0.1) is 17.8 Å². The van der Waals surface area contributed by atoms with E-state index in [2.05, 4.69) is 31.8 Å². The lowest BCUT2D eigenvalue weighted by Crippen LogP contribution is -2.45. The van der Waals surface area contributed by atoms with Crippen LogP contribution in [0.25, 0.3) is 11.4 Å². The second-order valence-corrected chi connectivity index (χ2v) is 8.24. The Morgan fingerprint density at radius 3 is 2.58 bits per heavy atom. The molecule has 2 heterocycles. The first kappa shape index (κ1) is 21.0. The number of nitrogens with one attached hydrogen (secondary N) is 2. The topological polar surface area (TPSA) is 105 Å². The lowest BCUT2D eigenvalue weighted by atomic mass is 9.92. The van der Waals surface area contributed by atoms with E-state index in [0.29, 0.717) is 23.0 Å². The molecule has 1 amide bonds. The highest BCUT2D eigenvalue weighted by molar-refractivity contribution is 5.93. The van der Waals surface area contributed by atoms with Crippen LogP contribution in [0.4, 0.5) is 11.6 Å². The molecule has 0 radical (unpaired) electrons. The number of hydrogen-bond donors (Lipinski definition) is 3. The molecule has 0 bridgehead atoms. The van der Waals surface area contributed by atoms with Crippen LogP contribution < -0.4 is 10.6 Å². The first-order valence-corrected chi connectivity index (χ1v) is 10.6. The molecule has 1 aromatic carbocycles. The summed E-state index contributed by atoms with van der Waals surface area (Å²) in [7, 11) is 1.73. The fourth-order valence-corrected chi connectivity index (χ4v) is 4.06. The molecule has 0 spiro atoms. The second-order valence-electron chi connectivity index (χ2n) is 8.24. The van der Waals surface area contributed by atoms with E-state index in [1.165, 1.54) is 0 Å². The van der Waals surface area contributed by atoms with Crippen LogP contribution in [0.3, 0.4) is 0 Å². The molecular weight excluding hydrogens is 392 g/mol. The van der Waals surface area contributed by atoms with Crippen molar-refractivity contribution in [2.45, 2.75) is 51.7 Å². The van der Waals surface area contributed by atoms with E-state index in [0.717, 1.165) is 42.5 Å². The van der Waals surface area contributed by atoms with Gasteiger partial charge < -0.3 is 15.7 Å². The van der Waals surface area contributed by atoms with Gasteiger partial charge in [0.2, 0.25) is 5.95 Å². The molecule has 1 fully saturated rings. The summed E-state index contributed by atoms with van der Waals surface area (Å²) in [6, 6.07) is 9.44. The van der Waals surface area contributed by atoms with E-state index in [4.69, 9.17) is 0 Å². The standard InChI is InChI=1S/C23H28N6O2/c1-14-10-15(2)12-16(11-14)25-23-24-9-8-17(27-23)19-13-20(29(3)28-19)22(31)26-18-6-4-5-7-21(18)30/h8-13,18,21,30H,4-7H2,1-3H3,(H,26,31)(H,24,25,27)/t18-,21-/m0/s1. The molecule has 2 atom stereocenters. The number of carbonyl (C=O) groups excluding carboxylic acids is 1. The Balaban J connectivity index is 1.52. The molecule has 8 heteroatoms. The molecule has 8 nitrogen and oxygen atoms in total. The average molecular weight is 421 g/mol. The summed E-state index contributed by atoms with van der Waals surface area (Å²) in [6.07, 6.45) is 4.69. The van der Waals surface area contributed by atoms with Gasteiger partial charge in [-0.05, 0) is 62.1 Å². The van der Waals surface area contributed by atoms with Crippen LogP contribution in [0.1, 0.15) is 47.3 Å². The van der Waals surface area contributed by atoms with E-state index in [-0.39, 0.29) is 11.9 Å². The molecule has 0 unspecified atom stereocenters. The predicted molar refractivity (Wildman–Crippen MR) is 119 cm³/mol. The zero-order valence-corrected chi connectivity index (χ0v) is 18.1. The van der Waals surface area contributed by atoms with Crippen LogP contribution in [-0.2, 0) is 7.05 Å². The number of amides is 1. The van der Waals surface area contributed by atoms with Gasteiger partial charge >= 0.3 is 0 Å². The number of aliphatic hydroxyl groups excluding tert-OH is 1. The maximum absolute atomic E-state index is 12.8. The van der Waals surface area contributed by atoms with Gasteiger partial charge in [-0.15, -0.1) is 0 Å². The van der Waals surface area contributed by atoms with Gasteiger partial charge in [-0.3, -0.25) is 9.48 Å². The summed E-state index contributed by atoms with van der Waals surface area (Å²) >= 11 is 0. The molecule has 3 aromatic rings. The van der Waals surface area contributed by atoms with Gasteiger partial charge in [-0.1, -0.05) is 18.9 Å². The minimum absolute atomic E-state index is 0.216. The number of benzene rings is 1. The average Bonchev–Trinajstić information content (AvgIpc) is 3.11. The largest absolute Gasteiger partial charge is 0.391 e. The second kappa shape index (κ2) is 8.85. The monoisotopic (exact) mass is 420 g/mol. The third-order valence-electron chi connectivity index (χ3n) is 5.55. The van der Waals surface area contributed by atoms with E-state index < -0.39 is 6.10 Å². The number of aryl methyl sites for hydroxylation is 3. The smallest absolute Gasteiger partial charge is 0.269 e. The number of anilines is 2. The molecular formula is C23H28N6O2. The van der Waals surface area contributed by atoms with E-state index in [1.54, 1.807) is 30.1 Å². The lowest BCUT2D eigenvalue weighted by Gasteiger charge is -2.28. The van der Waals surface area contributed by atoms with Crippen LogP contribution in [0, 0.1) is 13.8 Å². The lowest BCUT2D eigenvalue weighted by molar-refractivity contribution is 0.0710. The zero-order chi connectivity index (χ0) is 22.0. The summed E-state index contributed by atoms with van der Waals surface area (Å²) in [5.41, 5.74) is 4.86. The van der Waals surface area contributed by atoms with Gasteiger partial charge in [0.1, 0.15) is 11.4 Å². The Labute approximate surface area is 181 Å². The van der Waals surface area contributed by atoms with Crippen LogP contribution in [0.2, 0.25) is 0 Å². The fraction of sp³-hybridized carbons (Fsp3) is 0.391. The van der Waals surface area contributed by atoms with Crippen molar-refractivity contribution < 1.29 is 9.90 Å². The van der Waals surface area contributed by atoms with Gasteiger partial charge in [-0.2, -0.15) is 5.10 Å². The van der Waals surface area contributed by atoms with Crippen molar-refractivity contribution in [3.63, 3.8) is 0 Å². The molecule has 0 saturated heterocycles. The summed E-state index contributed by atoms with van der Waals surface area (Å²) in [4.78, 5) is 21.6. The maximum atomic E-state index is 12.8. The highest BCUT2D eigenvalue weighted by Gasteiger charge is 2.26. The van der Waals surface area contributed by atoms with Crippen molar-refractivity contribution >= 4 is 17.5 Å². The SMILES string of the molecule is Cc1cc(C)cc(Nc2nccc(-c3cc(C(=O)N[C@H]4CCCC[C@@H]4O)n(C)n3)n2)c1. The van der Waals surface area contributed by atoms with Crippen molar-refractivity contribution in [2.24, 2.45) is 7.05 Å². The van der Waals surface area contributed by atoms with Gasteiger partial charge in [-0.25, -0.2) is 9.97 Å². The molecule has 4 rings (SSSR count). The molecule has 3 N–H and O–H groups in total. The first-order valence-electron chi connectivity index (χ1n) is 10.6. The quantitative estimate of drug-likeness (QED) is 0.585. The van der Waals surface area contributed by atoms with Gasteiger partial charge in [0.15, 0.2) is 0 Å². The van der Waals surface area contributed by atoms with E-state index >= 15 is 0 Å². The number of aromatic nitrogens is 4. The highest BCUT2D eigenvalue weighted by Crippen LogP contribution is 2.22. The highest BCUT2D eigenvalue weighted by atomic mass is 16.3. The number of rotatable bonds is 5. The number of nitrogens with zero attached hydrogens (tertiary/aromatic N) is 4. The molecule has 2 aromatic heterocycles. The Hall–Kier alpha value is -3.26. The Bertz CT molecular complexity index is 1070. The zero-order valence-electron chi connectivity index (χ0n) is 18.1. The Kier molecular flexibility index (Phi) is 5.99. The Morgan fingerprint density at radius 2 is 1.84 bits per heavy atom. The minimum atomic E-state index is -0.494.